The summed E-state index contributed by atoms with van der Waals surface area (Å²) < 4.78 is 10.7. The average molecular weight is 394 g/mol. The molecular formula is C21H22N4O4. The second-order valence-corrected chi connectivity index (χ2v) is 6.98. The molecule has 0 unspecified atom stereocenters. The van der Waals surface area contributed by atoms with Gasteiger partial charge in [-0.05, 0) is 30.7 Å². The van der Waals surface area contributed by atoms with E-state index in [1.807, 2.05) is 30.3 Å². The molecule has 1 N–H and O–H groups in total. The molecule has 3 aromatic rings. The van der Waals surface area contributed by atoms with E-state index >= 15 is 0 Å². The van der Waals surface area contributed by atoms with Crippen LogP contribution in [0.1, 0.15) is 29.7 Å². The molecule has 8 heteroatoms. The molecule has 3 aromatic heterocycles. The van der Waals surface area contributed by atoms with E-state index < -0.39 is 0 Å². The Labute approximate surface area is 167 Å². The van der Waals surface area contributed by atoms with Gasteiger partial charge in [0.2, 0.25) is 0 Å². The Morgan fingerprint density at radius 3 is 2.83 bits per heavy atom. The van der Waals surface area contributed by atoms with Crippen LogP contribution in [0.15, 0.2) is 45.7 Å². The summed E-state index contributed by atoms with van der Waals surface area (Å²) in [4.78, 5) is 37.6. The summed E-state index contributed by atoms with van der Waals surface area (Å²) in [6.07, 6.45) is 2.99. The van der Waals surface area contributed by atoms with Gasteiger partial charge in [-0.2, -0.15) is 0 Å². The van der Waals surface area contributed by atoms with Crippen molar-refractivity contribution in [2.45, 2.75) is 32.9 Å². The molecule has 4 rings (SSSR count). The van der Waals surface area contributed by atoms with Crippen molar-refractivity contribution in [1.29, 1.82) is 0 Å². The molecule has 4 heterocycles. The molecule has 0 fully saturated rings. The number of pyridine rings is 1. The first-order valence-corrected chi connectivity index (χ1v) is 9.55. The number of rotatable bonds is 5. The highest BCUT2D eigenvalue weighted by atomic mass is 16.5. The zero-order valence-corrected chi connectivity index (χ0v) is 16.2. The first-order valence-electron chi connectivity index (χ1n) is 9.55. The fourth-order valence-electron chi connectivity index (χ4n) is 3.42. The van der Waals surface area contributed by atoms with E-state index in [9.17, 15) is 9.59 Å². The first-order chi connectivity index (χ1) is 14.1. The van der Waals surface area contributed by atoms with E-state index in [-0.39, 0.29) is 18.1 Å². The van der Waals surface area contributed by atoms with Gasteiger partial charge in [-0.1, -0.05) is 6.07 Å². The lowest BCUT2D eigenvalue weighted by atomic mass is 10.1. The number of furan rings is 1. The molecule has 1 aliphatic heterocycles. The molecular weight excluding hydrogens is 372 g/mol. The molecule has 0 atom stereocenters. The van der Waals surface area contributed by atoms with Gasteiger partial charge >= 0.3 is 5.97 Å². The van der Waals surface area contributed by atoms with Gasteiger partial charge in [0.15, 0.2) is 5.82 Å². The quantitative estimate of drug-likeness (QED) is 0.661. The molecule has 0 aliphatic carbocycles. The van der Waals surface area contributed by atoms with Crippen LogP contribution in [0.4, 0.5) is 0 Å². The first kappa shape index (κ1) is 19.1. The minimum atomic E-state index is -0.337. The highest BCUT2D eigenvalue weighted by Gasteiger charge is 2.20. The number of aromatic amines is 1. The van der Waals surface area contributed by atoms with Crippen molar-refractivity contribution >= 4 is 5.97 Å². The van der Waals surface area contributed by atoms with E-state index in [4.69, 9.17) is 9.15 Å². The van der Waals surface area contributed by atoms with Gasteiger partial charge in [0, 0.05) is 38.2 Å². The molecule has 0 amide bonds. The van der Waals surface area contributed by atoms with Crippen LogP contribution in [0, 0.1) is 0 Å². The molecule has 0 saturated heterocycles. The van der Waals surface area contributed by atoms with Crippen molar-refractivity contribution in [2.75, 3.05) is 13.1 Å². The van der Waals surface area contributed by atoms with Crippen LogP contribution in [0.25, 0.3) is 11.5 Å². The number of aromatic nitrogens is 3. The number of ether oxygens (including phenoxy) is 1. The van der Waals surface area contributed by atoms with Crippen LogP contribution in [0.2, 0.25) is 0 Å². The van der Waals surface area contributed by atoms with Gasteiger partial charge in [-0.15, -0.1) is 0 Å². The zero-order valence-electron chi connectivity index (χ0n) is 16.2. The van der Waals surface area contributed by atoms with Crippen molar-refractivity contribution in [2.24, 2.45) is 0 Å². The summed E-state index contributed by atoms with van der Waals surface area (Å²) in [6, 6.07) is 9.24. The Hall–Kier alpha value is -3.26. The summed E-state index contributed by atoms with van der Waals surface area (Å²) in [7, 11) is 0. The van der Waals surface area contributed by atoms with Gasteiger partial charge in [0.1, 0.15) is 23.8 Å². The summed E-state index contributed by atoms with van der Waals surface area (Å²) >= 11 is 0. The lowest BCUT2D eigenvalue weighted by Gasteiger charge is -2.17. The zero-order chi connectivity index (χ0) is 20.2. The second kappa shape index (κ2) is 8.40. The maximum absolute atomic E-state index is 12.6. The predicted molar refractivity (Wildman–Crippen MR) is 105 cm³/mol. The van der Waals surface area contributed by atoms with E-state index in [2.05, 4.69) is 19.9 Å². The van der Waals surface area contributed by atoms with Gasteiger partial charge < -0.3 is 14.1 Å². The maximum Gasteiger partial charge on any atom is 0.303 e. The summed E-state index contributed by atoms with van der Waals surface area (Å²) in [5.74, 6) is 1.58. The molecule has 0 spiro atoms. The van der Waals surface area contributed by atoms with Crippen molar-refractivity contribution in [1.82, 2.24) is 19.9 Å². The van der Waals surface area contributed by atoms with Crippen LogP contribution in [0.5, 0.6) is 0 Å². The molecule has 8 nitrogen and oxygen atoms in total. The number of hydrogen-bond donors (Lipinski definition) is 1. The minimum absolute atomic E-state index is 0.0980. The van der Waals surface area contributed by atoms with Crippen molar-refractivity contribution in [3.63, 3.8) is 0 Å². The Kier molecular flexibility index (Phi) is 5.53. The van der Waals surface area contributed by atoms with E-state index in [1.165, 1.54) is 6.92 Å². The molecule has 1 aliphatic rings. The molecule has 0 bridgehead atoms. The predicted octanol–water partition coefficient (Wildman–Crippen LogP) is 2.09. The topological polar surface area (TPSA) is 101 Å². The van der Waals surface area contributed by atoms with Crippen LogP contribution in [-0.4, -0.2) is 38.9 Å². The summed E-state index contributed by atoms with van der Waals surface area (Å²) in [5.41, 5.74) is 2.12. The van der Waals surface area contributed by atoms with Crippen molar-refractivity contribution in [3.8, 4) is 11.5 Å². The Morgan fingerprint density at radius 1 is 1.21 bits per heavy atom. The van der Waals surface area contributed by atoms with Crippen LogP contribution in [-0.2, 0) is 35.5 Å². The van der Waals surface area contributed by atoms with Gasteiger partial charge in [0.05, 0.1) is 12.2 Å². The normalized spacial score (nSPS) is 14.2. The number of carbonyl (C=O) groups excluding carboxylic acids is 1. The number of nitrogens with one attached hydrogen (secondary N) is 1. The van der Waals surface area contributed by atoms with Gasteiger partial charge in [0.25, 0.3) is 5.56 Å². The fourth-order valence-corrected chi connectivity index (χ4v) is 3.42. The van der Waals surface area contributed by atoms with E-state index in [1.54, 1.807) is 6.20 Å². The van der Waals surface area contributed by atoms with Crippen LogP contribution >= 0.6 is 0 Å². The lowest BCUT2D eigenvalue weighted by molar-refractivity contribution is -0.142. The number of hydrogen-bond acceptors (Lipinski definition) is 7. The van der Waals surface area contributed by atoms with E-state index in [0.717, 1.165) is 30.1 Å². The summed E-state index contributed by atoms with van der Waals surface area (Å²) in [6.45, 7) is 3.63. The fraction of sp³-hybridized carbons (Fsp3) is 0.333. The minimum Gasteiger partial charge on any atom is -0.461 e. The third kappa shape index (κ3) is 4.60. The molecule has 29 heavy (non-hydrogen) atoms. The lowest BCUT2D eigenvalue weighted by Crippen LogP contribution is -2.26. The van der Waals surface area contributed by atoms with Crippen LogP contribution < -0.4 is 5.56 Å². The smallest absolute Gasteiger partial charge is 0.303 e. The van der Waals surface area contributed by atoms with Crippen molar-refractivity contribution in [3.05, 3.63) is 69.7 Å². The molecule has 0 saturated carbocycles. The second-order valence-electron chi connectivity index (χ2n) is 6.98. The van der Waals surface area contributed by atoms with Crippen LogP contribution in [0.3, 0.4) is 0 Å². The molecule has 0 radical (unpaired) electrons. The Balaban J connectivity index is 1.45. The standard InChI is InChI=1S/C21H22N4O4/c1-14(26)28-13-16-6-5-15(29-16)12-25-10-7-17-18(8-11-25)23-20(24-21(17)27)19-4-2-3-9-22-19/h2-6,9H,7-8,10-13H2,1H3,(H,23,24,27). The number of nitrogens with zero attached hydrogens (tertiary/aromatic N) is 3. The third-order valence-corrected chi connectivity index (χ3v) is 4.87. The number of H-pyrrole nitrogens is 1. The Morgan fingerprint density at radius 2 is 2.03 bits per heavy atom. The number of esters is 1. The molecule has 150 valence electrons. The van der Waals surface area contributed by atoms with Gasteiger partial charge in [-0.25, -0.2) is 4.98 Å². The Bertz CT molecular complexity index is 1060. The van der Waals surface area contributed by atoms with E-state index in [0.29, 0.717) is 36.7 Å². The average Bonchev–Trinajstić information content (AvgIpc) is 3.06. The number of fused-ring (bicyclic) bond motifs is 1. The highest BCUT2D eigenvalue weighted by molar-refractivity contribution is 5.65. The molecule has 0 aromatic carbocycles. The third-order valence-electron chi connectivity index (χ3n) is 4.87. The number of carbonyl (C=O) groups is 1. The van der Waals surface area contributed by atoms with Gasteiger partial charge in [-0.3, -0.25) is 19.5 Å². The van der Waals surface area contributed by atoms with Crippen molar-refractivity contribution < 1.29 is 13.9 Å². The maximum atomic E-state index is 12.6. The SMILES string of the molecule is CC(=O)OCc1ccc(CN2CCc3nc(-c4ccccn4)[nH]c(=O)c3CC2)o1. The summed E-state index contributed by atoms with van der Waals surface area (Å²) in [5, 5.41) is 0. The highest BCUT2D eigenvalue weighted by Crippen LogP contribution is 2.18. The largest absolute Gasteiger partial charge is 0.461 e. The monoisotopic (exact) mass is 394 g/mol.